The molecule has 1 fully saturated rings. The number of rotatable bonds is 5. The molecular formula is C16H27FN4. The van der Waals surface area contributed by atoms with Gasteiger partial charge in [-0.3, -0.25) is 11.3 Å². The quantitative estimate of drug-likeness (QED) is 0.631. The molecule has 2 rings (SSSR count). The number of aryl methyl sites for hydroxylation is 1. The third-order valence-electron chi connectivity index (χ3n) is 4.54. The largest absolute Gasteiger partial charge is 0.304 e. The van der Waals surface area contributed by atoms with E-state index >= 15 is 0 Å². The Kier molecular flexibility index (Phi) is 5.70. The molecule has 0 spiro atoms. The predicted octanol–water partition coefficient (Wildman–Crippen LogP) is 1.14. The maximum Gasteiger partial charge on any atom is 0.123 e. The summed E-state index contributed by atoms with van der Waals surface area (Å²) in [7, 11) is 4.34. The maximum atomic E-state index is 13.2. The molecule has 2 unspecified atom stereocenters. The van der Waals surface area contributed by atoms with Crippen LogP contribution in [0.4, 0.5) is 4.39 Å². The topological polar surface area (TPSA) is 44.5 Å². The smallest absolute Gasteiger partial charge is 0.123 e. The number of halogens is 1. The summed E-state index contributed by atoms with van der Waals surface area (Å²) in [5, 5.41) is 0. The molecule has 0 aromatic heterocycles. The normalized spacial score (nSPS) is 22.4. The third kappa shape index (κ3) is 4.48. The summed E-state index contributed by atoms with van der Waals surface area (Å²) < 4.78 is 13.2. The van der Waals surface area contributed by atoms with Crippen molar-refractivity contribution in [3.05, 3.63) is 35.1 Å². The van der Waals surface area contributed by atoms with Gasteiger partial charge in [-0.15, -0.1) is 0 Å². The molecule has 2 atom stereocenters. The van der Waals surface area contributed by atoms with Gasteiger partial charge in [-0.2, -0.15) is 0 Å². The molecule has 0 bridgehead atoms. The van der Waals surface area contributed by atoms with Crippen molar-refractivity contribution in [1.29, 1.82) is 0 Å². The molecule has 118 valence electrons. The molecule has 0 amide bonds. The van der Waals surface area contributed by atoms with Gasteiger partial charge in [0.25, 0.3) is 0 Å². The van der Waals surface area contributed by atoms with Crippen LogP contribution >= 0.6 is 0 Å². The zero-order valence-corrected chi connectivity index (χ0v) is 13.3. The molecular weight excluding hydrogens is 267 g/mol. The van der Waals surface area contributed by atoms with Gasteiger partial charge < -0.3 is 9.80 Å². The van der Waals surface area contributed by atoms with Gasteiger partial charge in [-0.25, -0.2) is 4.39 Å². The van der Waals surface area contributed by atoms with Gasteiger partial charge in [-0.1, -0.05) is 6.07 Å². The van der Waals surface area contributed by atoms with E-state index in [9.17, 15) is 4.39 Å². The molecule has 1 aromatic carbocycles. The average molecular weight is 294 g/mol. The van der Waals surface area contributed by atoms with Crippen LogP contribution < -0.4 is 11.3 Å². The highest BCUT2D eigenvalue weighted by Crippen LogP contribution is 2.17. The highest BCUT2D eigenvalue weighted by molar-refractivity contribution is 5.27. The highest BCUT2D eigenvalue weighted by Gasteiger charge is 2.25. The van der Waals surface area contributed by atoms with E-state index in [1.165, 1.54) is 6.07 Å². The van der Waals surface area contributed by atoms with Crippen LogP contribution in [-0.2, 0) is 6.42 Å². The second-order valence-corrected chi connectivity index (χ2v) is 6.27. The molecule has 3 N–H and O–H groups in total. The second kappa shape index (κ2) is 7.31. The van der Waals surface area contributed by atoms with E-state index in [2.05, 4.69) is 29.3 Å². The van der Waals surface area contributed by atoms with Crippen molar-refractivity contribution in [3.8, 4) is 0 Å². The predicted molar refractivity (Wildman–Crippen MR) is 84.5 cm³/mol. The van der Waals surface area contributed by atoms with E-state index in [1.807, 2.05) is 13.0 Å². The Morgan fingerprint density at radius 1 is 1.38 bits per heavy atom. The summed E-state index contributed by atoms with van der Waals surface area (Å²) in [5.74, 6) is 5.56. The summed E-state index contributed by atoms with van der Waals surface area (Å²) in [6.45, 7) is 5.22. The molecule has 0 saturated carbocycles. The molecule has 1 aliphatic heterocycles. The van der Waals surface area contributed by atoms with Gasteiger partial charge in [0.05, 0.1) is 0 Å². The summed E-state index contributed by atoms with van der Waals surface area (Å²) in [5.41, 5.74) is 5.08. The van der Waals surface area contributed by atoms with Gasteiger partial charge in [0.15, 0.2) is 0 Å². The first kappa shape index (κ1) is 16.4. The van der Waals surface area contributed by atoms with Crippen molar-refractivity contribution >= 4 is 0 Å². The number of nitrogens with one attached hydrogen (secondary N) is 1. The number of benzene rings is 1. The van der Waals surface area contributed by atoms with Gasteiger partial charge in [0.2, 0.25) is 0 Å². The van der Waals surface area contributed by atoms with E-state index < -0.39 is 0 Å². The Labute approximate surface area is 127 Å². The fourth-order valence-electron chi connectivity index (χ4n) is 3.05. The van der Waals surface area contributed by atoms with Crippen LogP contribution in [0.25, 0.3) is 0 Å². The Morgan fingerprint density at radius 3 is 2.81 bits per heavy atom. The Balaban J connectivity index is 1.99. The van der Waals surface area contributed by atoms with Crippen molar-refractivity contribution in [2.75, 3.05) is 33.7 Å². The lowest BCUT2D eigenvalue weighted by Gasteiger charge is -2.39. The number of likely N-dealkylation sites (N-methyl/N-ethyl adjacent to an activating group) is 2. The lowest BCUT2D eigenvalue weighted by atomic mass is 9.95. The van der Waals surface area contributed by atoms with Crippen LogP contribution in [-0.4, -0.2) is 55.6 Å². The van der Waals surface area contributed by atoms with Crippen molar-refractivity contribution in [3.63, 3.8) is 0 Å². The monoisotopic (exact) mass is 294 g/mol. The number of hydrazine groups is 1. The molecule has 0 aliphatic carbocycles. The van der Waals surface area contributed by atoms with Crippen LogP contribution in [0.3, 0.4) is 0 Å². The third-order valence-corrected chi connectivity index (χ3v) is 4.54. The zero-order valence-electron chi connectivity index (χ0n) is 13.3. The Morgan fingerprint density at radius 2 is 2.14 bits per heavy atom. The first-order valence-corrected chi connectivity index (χ1v) is 7.59. The second-order valence-electron chi connectivity index (χ2n) is 6.27. The van der Waals surface area contributed by atoms with Gasteiger partial charge in [-0.05, 0) is 57.1 Å². The van der Waals surface area contributed by atoms with Crippen LogP contribution in [0.1, 0.15) is 17.5 Å². The van der Waals surface area contributed by atoms with Crippen LogP contribution in [0.2, 0.25) is 0 Å². The van der Waals surface area contributed by atoms with Gasteiger partial charge in [0, 0.05) is 31.7 Å². The summed E-state index contributed by atoms with van der Waals surface area (Å²) in [6, 6.07) is 5.68. The van der Waals surface area contributed by atoms with Crippen LogP contribution in [0.5, 0.6) is 0 Å². The SMILES string of the molecule is Cc1cc(F)ccc1CC(CC1CN(C)CCN1C)NN. The number of piperazine rings is 1. The van der Waals surface area contributed by atoms with E-state index in [0.717, 1.165) is 43.6 Å². The van der Waals surface area contributed by atoms with Crippen LogP contribution in [0.15, 0.2) is 18.2 Å². The lowest BCUT2D eigenvalue weighted by molar-refractivity contribution is 0.101. The van der Waals surface area contributed by atoms with Crippen molar-refractivity contribution < 1.29 is 4.39 Å². The number of hydrogen-bond donors (Lipinski definition) is 2. The van der Waals surface area contributed by atoms with Crippen LogP contribution in [0, 0.1) is 12.7 Å². The Bertz CT molecular complexity index is 466. The summed E-state index contributed by atoms with van der Waals surface area (Å²) in [6.07, 6.45) is 1.82. The minimum Gasteiger partial charge on any atom is -0.304 e. The minimum absolute atomic E-state index is 0.179. The molecule has 1 aromatic rings. The number of nitrogens with two attached hydrogens (primary N) is 1. The summed E-state index contributed by atoms with van der Waals surface area (Å²) in [4.78, 5) is 4.77. The standard InChI is InChI=1S/C16H27FN4/c1-12-8-14(17)5-4-13(12)9-15(19-18)10-16-11-20(2)6-7-21(16)3/h4-5,8,15-16,19H,6-7,9-11,18H2,1-3H3. The number of nitrogens with zero attached hydrogens (tertiary/aromatic N) is 2. The fraction of sp³-hybridized carbons (Fsp3) is 0.625. The Hall–Kier alpha value is -1.01. The molecule has 21 heavy (non-hydrogen) atoms. The van der Waals surface area contributed by atoms with Crippen molar-refractivity contribution in [2.45, 2.75) is 31.8 Å². The summed E-state index contributed by atoms with van der Waals surface area (Å²) >= 11 is 0. The van der Waals surface area contributed by atoms with E-state index in [1.54, 1.807) is 6.07 Å². The first-order chi connectivity index (χ1) is 9.99. The van der Waals surface area contributed by atoms with Crippen molar-refractivity contribution in [1.82, 2.24) is 15.2 Å². The molecule has 0 radical (unpaired) electrons. The maximum absolute atomic E-state index is 13.2. The van der Waals surface area contributed by atoms with E-state index in [4.69, 9.17) is 5.84 Å². The van der Waals surface area contributed by atoms with E-state index in [-0.39, 0.29) is 11.9 Å². The average Bonchev–Trinajstić information content (AvgIpc) is 2.44. The van der Waals surface area contributed by atoms with Crippen molar-refractivity contribution in [2.24, 2.45) is 5.84 Å². The highest BCUT2D eigenvalue weighted by atomic mass is 19.1. The molecule has 1 heterocycles. The van der Waals surface area contributed by atoms with Gasteiger partial charge >= 0.3 is 0 Å². The van der Waals surface area contributed by atoms with E-state index in [0.29, 0.717) is 6.04 Å². The van der Waals surface area contributed by atoms with Gasteiger partial charge in [0.1, 0.15) is 5.82 Å². The molecule has 1 aliphatic rings. The fourth-order valence-corrected chi connectivity index (χ4v) is 3.05. The number of hydrogen-bond acceptors (Lipinski definition) is 4. The minimum atomic E-state index is -0.179. The zero-order chi connectivity index (χ0) is 15.4. The first-order valence-electron chi connectivity index (χ1n) is 7.59. The molecule has 5 heteroatoms. The molecule has 4 nitrogen and oxygen atoms in total. The molecule has 1 saturated heterocycles. The lowest BCUT2D eigenvalue weighted by Crippen LogP contribution is -2.53.